The Morgan fingerprint density at radius 2 is 1.88 bits per heavy atom. The molecule has 0 amide bonds. The molecule has 0 spiro atoms. The number of halogens is 1. The van der Waals surface area contributed by atoms with Gasteiger partial charge in [0.15, 0.2) is 0 Å². The molecular weight excluding hydrogens is 220 g/mol. The number of aromatic nitrogens is 1. The molecule has 3 heteroatoms. The average molecular weight is 233 g/mol. The molecule has 0 unspecified atom stereocenters. The maximum absolute atomic E-state index is 5.95. The second-order valence-corrected chi connectivity index (χ2v) is 4.28. The van der Waals surface area contributed by atoms with Crippen LogP contribution in [0.2, 0.25) is 5.15 Å². The lowest BCUT2D eigenvalue weighted by Gasteiger charge is -2.08. The van der Waals surface area contributed by atoms with Crippen LogP contribution < -0.4 is 5.73 Å². The molecular formula is C13H13ClN2. The first kappa shape index (κ1) is 11.0. The zero-order valence-electron chi connectivity index (χ0n) is 9.29. The van der Waals surface area contributed by atoms with Crippen molar-refractivity contribution in [3.8, 4) is 11.1 Å². The van der Waals surface area contributed by atoms with Gasteiger partial charge in [0.2, 0.25) is 0 Å². The van der Waals surface area contributed by atoms with Gasteiger partial charge in [-0.3, -0.25) is 0 Å². The summed E-state index contributed by atoms with van der Waals surface area (Å²) in [5.41, 5.74) is 10.8. The highest BCUT2D eigenvalue weighted by Crippen LogP contribution is 2.27. The highest BCUT2D eigenvalue weighted by atomic mass is 35.5. The highest BCUT2D eigenvalue weighted by molar-refractivity contribution is 6.29. The van der Waals surface area contributed by atoms with Crippen LogP contribution in [0.15, 0.2) is 30.3 Å². The Kier molecular flexibility index (Phi) is 2.84. The number of pyridine rings is 1. The summed E-state index contributed by atoms with van der Waals surface area (Å²) < 4.78 is 0. The highest BCUT2D eigenvalue weighted by Gasteiger charge is 2.05. The molecule has 0 aliphatic heterocycles. The Morgan fingerprint density at radius 1 is 1.12 bits per heavy atom. The normalized spacial score (nSPS) is 10.4. The van der Waals surface area contributed by atoms with Gasteiger partial charge in [-0.25, -0.2) is 4.98 Å². The SMILES string of the molecule is Cc1cc(-c2cc(N)ccc2C)cc(Cl)n1. The summed E-state index contributed by atoms with van der Waals surface area (Å²) in [6, 6.07) is 9.73. The number of nitrogens with zero attached hydrogens (tertiary/aromatic N) is 1. The Bertz CT molecular complexity index is 515. The van der Waals surface area contributed by atoms with E-state index in [1.807, 2.05) is 37.3 Å². The van der Waals surface area contributed by atoms with Gasteiger partial charge in [0.05, 0.1) is 0 Å². The second-order valence-electron chi connectivity index (χ2n) is 3.89. The van der Waals surface area contributed by atoms with Gasteiger partial charge in [-0.1, -0.05) is 17.7 Å². The number of rotatable bonds is 1. The molecule has 2 aromatic rings. The zero-order chi connectivity index (χ0) is 11.7. The van der Waals surface area contributed by atoms with Crippen LogP contribution in [0.1, 0.15) is 11.3 Å². The van der Waals surface area contributed by atoms with Crippen molar-refractivity contribution in [2.75, 3.05) is 5.73 Å². The fraction of sp³-hybridized carbons (Fsp3) is 0.154. The van der Waals surface area contributed by atoms with Crippen LogP contribution in [0.25, 0.3) is 11.1 Å². The quantitative estimate of drug-likeness (QED) is 0.603. The van der Waals surface area contributed by atoms with Crippen LogP contribution in [0.5, 0.6) is 0 Å². The molecule has 0 fully saturated rings. The number of anilines is 1. The van der Waals surface area contributed by atoms with E-state index in [9.17, 15) is 0 Å². The van der Waals surface area contributed by atoms with Crippen molar-refractivity contribution in [2.45, 2.75) is 13.8 Å². The van der Waals surface area contributed by atoms with Crippen LogP contribution in [0.4, 0.5) is 5.69 Å². The third kappa shape index (κ3) is 2.17. The Hall–Kier alpha value is -1.54. The molecule has 0 aliphatic rings. The number of nitrogens with two attached hydrogens (primary N) is 1. The fourth-order valence-corrected chi connectivity index (χ4v) is 1.99. The number of hydrogen-bond acceptors (Lipinski definition) is 2. The van der Waals surface area contributed by atoms with Gasteiger partial charge in [0, 0.05) is 11.4 Å². The molecule has 0 radical (unpaired) electrons. The molecule has 1 heterocycles. The van der Waals surface area contributed by atoms with E-state index < -0.39 is 0 Å². The first-order valence-corrected chi connectivity index (χ1v) is 5.45. The summed E-state index contributed by atoms with van der Waals surface area (Å²) in [7, 11) is 0. The summed E-state index contributed by atoms with van der Waals surface area (Å²) in [5, 5.41) is 0.511. The number of benzene rings is 1. The lowest BCUT2D eigenvalue weighted by atomic mass is 10.0. The first-order chi connectivity index (χ1) is 7.56. The van der Waals surface area contributed by atoms with Crippen LogP contribution in [0.3, 0.4) is 0 Å². The largest absolute Gasteiger partial charge is 0.399 e. The lowest BCUT2D eigenvalue weighted by Crippen LogP contribution is -1.91. The van der Waals surface area contributed by atoms with Crippen molar-refractivity contribution in [3.05, 3.63) is 46.7 Å². The predicted molar refractivity (Wildman–Crippen MR) is 68.6 cm³/mol. The average Bonchev–Trinajstić information content (AvgIpc) is 2.20. The maximum Gasteiger partial charge on any atom is 0.129 e. The molecule has 0 saturated heterocycles. The fourth-order valence-electron chi connectivity index (χ4n) is 1.73. The van der Waals surface area contributed by atoms with E-state index in [1.165, 1.54) is 5.56 Å². The molecule has 0 bridgehead atoms. The maximum atomic E-state index is 5.95. The van der Waals surface area contributed by atoms with E-state index >= 15 is 0 Å². The molecule has 2 N–H and O–H groups in total. The van der Waals surface area contributed by atoms with Crippen molar-refractivity contribution < 1.29 is 0 Å². The van der Waals surface area contributed by atoms with Crippen molar-refractivity contribution in [3.63, 3.8) is 0 Å². The minimum Gasteiger partial charge on any atom is -0.399 e. The third-order valence-corrected chi connectivity index (χ3v) is 2.69. The monoisotopic (exact) mass is 232 g/mol. The van der Waals surface area contributed by atoms with Crippen LogP contribution in [-0.2, 0) is 0 Å². The van der Waals surface area contributed by atoms with Crippen LogP contribution in [-0.4, -0.2) is 4.98 Å². The third-order valence-electron chi connectivity index (χ3n) is 2.49. The van der Waals surface area contributed by atoms with E-state index in [0.717, 1.165) is 22.5 Å². The van der Waals surface area contributed by atoms with Gasteiger partial charge in [-0.2, -0.15) is 0 Å². The topological polar surface area (TPSA) is 38.9 Å². The molecule has 2 rings (SSSR count). The Labute approximate surface area is 100 Å². The van der Waals surface area contributed by atoms with Crippen molar-refractivity contribution in [1.29, 1.82) is 0 Å². The zero-order valence-corrected chi connectivity index (χ0v) is 10.0. The Morgan fingerprint density at radius 3 is 2.56 bits per heavy atom. The Balaban J connectivity index is 2.62. The smallest absolute Gasteiger partial charge is 0.129 e. The molecule has 82 valence electrons. The number of nitrogen functional groups attached to an aromatic ring is 1. The summed E-state index contributed by atoms with van der Waals surface area (Å²) in [4.78, 5) is 4.15. The van der Waals surface area contributed by atoms with E-state index in [0.29, 0.717) is 5.15 Å². The molecule has 0 saturated carbocycles. The van der Waals surface area contributed by atoms with Crippen molar-refractivity contribution in [2.24, 2.45) is 0 Å². The molecule has 1 aromatic heterocycles. The number of hydrogen-bond donors (Lipinski definition) is 1. The molecule has 0 aliphatic carbocycles. The summed E-state index contributed by atoms with van der Waals surface area (Å²) in [6.45, 7) is 3.98. The van der Waals surface area contributed by atoms with E-state index in [-0.39, 0.29) is 0 Å². The van der Waals surface area contributed by atoms with Gasteiger partial charge in [-0.05, 0) is 54.8 Å². The van der Waals surface area contributed by atoms with Gasteiger partial charge < -0.3 is 5.73 Å². The summed E-state index contributed by atoms with van der Waals surface area (Å²) in [5.74, 6) is 0. The first-order valence-electron chi connectivity index (χ1n) is 5.07. The minimum atomic E-state index is 0.511. The van der Waals surface area contributed by atoms with Crippen molar-refractivity contribution in [1.82, 2.24) is 4.98 Å². The predicted octanol–water partition coefficient (Wildman–Crippen LogP) is 3.60. The van der Waals surface area contributed by atoms with Crippen LogP contribution >= 0.6 is 11.6 Å². The molecule has 16 heavy (non-hydrogen) atoms. The standard InChI is InChI=1S/C13H13ClN2/c1-8-3-4-11(15)7-12(8)10-5-9(2)16-13(14)6-10/h3-7H,15H2,1-2H3. The molecule has 0 atom stereocenters. The number of aryl methyl sites for hydroxylation is 2. The van der Waals surface area contributed by atoms with Gasteiger partial charge >= 0.3 is 0 Å². The van der Waals surface area contributed by atoms with E-state index in [1.54, 1.807) is 0 Å². The minimum absolute atomic E-state index is 0.511. The van der Waals surface area contributed by atoms with Crippen LogP contribution in [0, 0.1) is 13.8 Å². The summed E-state index contributed by atoms with van der Waals surface area (Å²) >= 11 is 5.95. The van der Waals surface area contributed by atoms with Gasteiger partial charge in [0.25, 0.3) is 0 Å². The second kappa shape index (κ2) is 4.14. The van der Waals surface area contributed by atoms with Gasteiger partial charge in [0.1, 0.15) is 5.15 Å². The van der Waals surface area contributed by atoms with Gasteiger partial charge in [-0.15, -0.1) is 0 Å². The molecule has 2 nitrogen and oxygen atoms in total. The van der Waals surface area contributed by atoms with E-state index in [4.69, 9.17) is 17.3 Å². The van der Waals surface area contributed by atoms with E-state index in [2.05, 4.69) is 11.9 Å². The molecule has 1 aromatic carbocycles. The lowest BCUT2D eigenvalue weighted by molar-refractivity contribution is 1.20. The van der Waals surface area contributed by atoms with Crippen molar-refractivity contribution >= 4 is 17.3 Å². The summed E-state index contributed by atoms with van der Waals surface area (Å²) in [6.07, 6.45) is 0.